The third-order valence-corrected chi connectivity index (χ3v) is 6.38. The molecule has 0 saturated carbocycles. The van der Waals surface area contributed by atoms with E-state index in [4.69, 9.17) is 9.72 Å². The van der Waals surface area contributed by atoms with Gasteiger partial charge < -0.3 is 4.74 Å². The molecule has 9 heteroatoms. The van der Waals surface area contributed by atoms with Crippen molar-refractivity contribution in [2.45, 2.75) is 13.1 Å². The predicted octanol–water partition coefficient (Wildman–Crippen LogP) is 1.46. The van der Waals surface area contributed by atoms with E-state index in [-0.39, 0.29) is 5.69 Å². The monoisotopic (exact) mass is 423 g/mol. The van der Waals surface area contributed by atoms with Crippen molar-refractivity contribution >= 4 is 28.4 Å². The fourth-order valence-electron chi connectivity index (χ4n) is 3.86. The summed E-state index contributed by atoms with van der Waals surface area (Å²) in [5.41, 5.74) is 3.23. The Kier molecular flexibility index (Phi) is 5.14. The maximum atomic E-state index is 13.1. The number of hydrogen-bond donors (Lipinski definition) is 0. The number of H-pyrrole nitrogens is 1. The minimum absolute atomic E-state index is 0.220. The Morgan fingerprint density at radius 2 is 1.93 bits per heavy atom. The summed E-state index contributed by atoms with van der Waals surface area (Å²) in [5, 5.41) is 5.10. The lowest BCUT2D eigenvalue weighted by molar-refractivity contribution is -0.345. The van der Waals surface area contributed by atoms with E-state index < -0.39 is 0 Å². The number of methoxy groups -OCH3 is 1. The average molecular weight is 424 g/mol. The van der Waals surface area contributed by atoms with Crippen LogP contribution in [0.3, 0.4) is 0 Å². The van der Waals surface area contributed by atoms with Crippen LogP contribution >= 0.6 is 11.8 Å². The molecule has 4 aromatic rings. The van der Waals surface area contributed by atoms with Crippen molar-refractivity contribution < 1.29 is 9.72 Å². The number of fused-ring (bicyclic) bond motifs is 3. The normalized spacial score (nSPS) is 15.1. The molecule has 1 fully saturated rings. The highest BCUT2D eigenvalue weighted by molar-refractivity contribution is 7.99. The first-order chi connectivity index (χ1) is 14.7. The van der Waals surface area contributed by atoms with Gasteiger partial charge in [-0.25, -0.2) is 14.8 Å². The Hall–Kier alpha value is -2.91. The summed E-state index contributed by atoms with van der Waals surface area (Å²) < 4.78 is 8.32. The van der Waals surface area contributed by atoms with E-state index >= 15 is 0 Å². The molecule has 1 saturated heterocycles. The molecule has 3 aromatic heterocycles. The predicted molar refractivity (Wildman–Crippen MR) is 116 cm³/mol. The molecule has 4 heterocycles. The second-order valence-corrected chi connectivity index (χ2v) is 8.59. The molecule has 5 rings (SSSR count). The average Bonchev–Trinajstić information content (AvgIpc) is 3.28. The molecule has 30 heavy (non-hydrogen) atoms. The molecule has 0 atom stereocenters. The third-order valence-electron chi connectivity index (χ3n) is 5.44. The van der Waals surface area contributed by atoms with Gasteiger partial charge in [-0.15, -0.1) is 0 Å². The minimum atomic E-state index is -0.220. The second kappa shape index (κ2) is 8.08. The quantitative estimate of drug-likeness (QED) is 0.484. The van der Waals surface area contributed by atoms with Gasteiger partial charge in [0.1, 0.15) is 5.75 Å². The zero-order chi connectivity index (χ0) is 20.5. The molecule has 1 aliphatic rings. The third kappa shape index (κ3) is 3.54. The highest BCUT2D eigenvalue weighted by Crippen LogP contribution is 2.19. The largest absolute Gasteiger partial charge is 0.497 e. The molecule has 0 radical (unpaired) electrons. The SMILES string of the molecule is COc1ccc(Cn2c(=O)n3nc[nH+]c3c3cc(CN4CCSCC4)cnc32)cc1. The summed E-state index contributed by atoms with van der Waals surface area (Å²) in [6, 6.07) is 9.83. The molecular formula is C21H23N6O2S+. The lowest BCUT2D eigenvalue weighted by Crippen LogP contribution is -2.32. The van der Waals surface area contributed by atoms with Crippen molar-refractivity contribution in [1.29, 1.82) is 0 Å². The zero-order valence-electron chi connectivity index (χ0n) is 16.7. The number of aromatic amines is 1. The van der Waals surface area contributed by atoms with Crippen molar-refractivity contribution in [2.75, 3.05) is 31.7 Å². The Balaban J connectivity index is 1.58. The maximum Gasteiger partial charge on any atom is 0.425 e. The Morgan fingerprint density at radius 3 is 2.70 bits per heavy atom. The first-order valence-electron chi connectivity index (χ1n) is 9.93. The van der Waals surface area contributed by atoms with Crippen LogP contribution in [0.25, 0.3) is 16.7 Å². The van der Waals surface area contributed by atoms with Gasteiger partial charge in [-0.3, -0.25) is 9.47 Å². The second-order valence-electron chi connectivity index (χ2n) is 7.37. The Morgan fingerprint density at radius 1 is 1.13 bits per heavy atom. The summed E-state index contributed by atoms with van der Waals surface area (Å²) >= 11 is 2.00. The van der Waals surface area contributed by atoms with E-state index in [1.165, 1.54) is 16.0 Å². The highest BCUT2D eigenvalue weighted by Gasteiger charge is 2.20. The fraction of sp³-hybridized carbons (Fsp3) is 0.333. The first kappa shape index (κ1) is 19.1. The number of pyridine rings is 1. The standard InChI is InChI=1S/C21H22N6O2S/c1-29-17-4-2-15(3-5-17)13-26-19-18(20-23-14-24-27(20)21(26)28)10-16(11-22-19)12-25-6-8-30-9-7-25/h2-5,10-11,14H,6-9,12-13H2,1H3/p+1. The van der Waals surface area contributed by atoms with Crippen molar-refractivity contribution in [3.8, 4) is 5.75 Å². The number of ether oxygens (including phenoxy) is 1. The van der Waals surface area contributed by atoms with Crippen LogP contribution in [0.15, 0.2) is 47.7 Å². The molecule has 0 amide bonds. The van der Waals surface area contributed by atoms with Crippen LogP contribution in [0.2, 0.25) is 0 Å². The van der Waals surface area contributed by atoms with Crippen LogP contribution in [-0.2, 0) is 13.1 Å². The smallest absolute Gasteiger partial charge is 0.425 e. The van der Waals surface area contributed by atoms with Gasteiger partial charge in [0.25, 0.3) is 12.0 Å². The molecule has 0 bridgehead atoms. The van der Waals surface area contributed by atoms with Crippen LogP contribution < -0.4 is 15.4 Å². The van der Waals surface area contributed by atoms with E-state index in [1.807, 2.05) is 42.2 Å². The van der Waals surface area contributed by atoms with E-state index in [1.54, 1.807) is 18.0 Å². The summed E-state index contributed by atoms with van der Waals surface area (Å²) in [5.74, 6) is 3.12. The van der Waals surface area contributed by atoms with Crippen LogP contribution in [0.5, 0.6) is 5.75 Å². The van der Waals surface area contributed by atoms with E-state index in [0.717, 1.165) is 41.9 Å². The van der Waals surface area contributed by atoms with Gasteiger partial charge in [-0.1, -0.05) is 12.1 Å². The lowest BCUT2D eigenvalue weighted by atomic mass is 10.2. The lowest BCUT2D eigenvalue weighted by Gasteiger charge is -2.26. The van der Waals surface area contributed by atoms with Crippen molar-refractivity contribution in [1.82, 2.24) is 24.1 Å². The fourth-order valence-corrected chi connectivity index (χ4v) is 4.84. The Labute approximate surface area is 177 Å². The summed E-state index contributed by atoms with van der Waals surface area (Å²) in [6.45, 7) is 3.45. The van der Waals surface area contributed by atoms with Crippen LogP contribution in [0.1, 0.15) is 11.1 Å². The van der Waals surface area contributed by atoms with Gasteiger partial charge in [-0.05, 0) is 33.8 Å². The molecule has 0 unspecified atom stereocenters. The van der Waals surface area contributed by atoms with Gasteiger partial charge >= 0.3 is 5.69 Å². The number of nitrogens with one attached hydrogen (secondary N) is 1. The summed E-state index contributed by atoms with van der Waals surface area (Å²) in [6.07, 6.45) is 3.43. The van der Waals surface area contributed by atoms with Crippen molar-refractivity contribution in [2.24, 2.45) is 0 Å². The van der Waals surface area contributed by atoms with E-state index in [0.29, 0.717) is 17.8 Å². The molecule has 0 aliphatic carbocycles. The first-order valence-corrected chi connectivity index (χ1v) is 11.1. The number of aromatic nitrogens is 5. The number of benzene rings is 1. The molecule has 0 spiro atoms. The number of hydrogen-bond acceptors (Lipinski definition) is 6. The number of thioether (sulfide) groups is 1. The van der Waals surface area contributed by atoms with Crippen LogP contribution in [0, 0.1) is 0 Å². The minimum Gasteiger partial charge on any atom is -0.497 e. The molecule has 154 valence electrons. The van der Waals surface area contributed by atoms with Crippen LogP contribution in [0.4, 0.5) is 0 Å². The zero-order valence-corrected chi connectivity index (χ0v) is 17.6. The van der Waals surface area contributed by atoms with Crippen LogP contribution in [-0.4, -0.2) is 55.8 Å². The van der Waals surface area contributed by atoms with Gasteiger partial charge in [0.05, 0.1) is 19.0 Å². The molecule has 1 N–H and O–H groups in total. The number of nitrogens with zero attached hydrogens (tertiary/aromatic N) is 5. The summed E-state index contributed by atoms with van der Waals surface area (Å²) in [7, 11) is 1.64. The van der Waals surface area contributed by atoms with Gasteiger partial charge in [0, 0.05) is 42.4 Å². The van der Waals surface area contributed by atoms with E-state index in [9.17, 15) is 4.79 Å². The van der Waals surface area contributed by atoms with E-state index in [2.05, 4.69) is 21.0 Å². The van der Waals surface area contributed by atoms with Gasteiger partial charge in [-0.2, -0.15) is 11.8 Å². The topological polar surface area (TPSA) is 78.8 Å². The molecular weight excluding hydrogens is 400 g/mol. The molecule has 8 nitrogen and oxygen atoms in total. The van der Waals surface area contributed by atoms with Gasteiger partial charge in [0.15, 0.2) is 5.65 Å². The number of rotatable bonds is 5. The maximum absolute atomic E-state index is 13.1. The molecule has 1 aromatic carbocycles. The van der Waals surface area contributed by atoms with Crippen molar-refractivity contribution in [3.05, 3.63) is 64.5 Å². The van der Waals surface area contributed by atoms with Crippen molar-refractivity contribution in [3.63, 3.8) is 0 Å². The highest BCUT2D eigenvalue weighted by atomic mass is 32.2. The summed E-state index contributed by atoms with van der Waals surface area (Å²) in [4.78, 5) is 23.4. The molecule has 1 aliphatic heterocycles. The Bertz CT molecular complexity index is 1240. The van der Waals surface area contributed by atoms with Gasteiger partial charge in [0.2, 0.25) is 0 Å².